The van der Waals surface area contributed by atoms with Crippen molar-refractivity contribution in [2.24, 2.45) is 0 Å². The van der Waals surface area contributed by atoms with E-state index in [0.717, 1.165) is 49.1 Å². The molecule has 114 valence electrons. The molecule has 1 aliphatic rings. The van der Waals surface area contributed by atoms with Crippen LogP contribution in [-0.2, 0) is 6.54 Å². The molecule has 0 saturated carbocycles. The molecule has 0 radical (unpaired) electrons. The predicted octanol–water partition coefficient (Wildman–Crippen LogP) is 3.18. The molecule has 21 heavy (non-hydrogen) atoms. The van der Waals surface area contributed by atoms with Gasteiger partial charge in [0.15, 0.2) is 0 Å². The lowest BCUT2D eigenvalue weighted by Gasteiger charge is -2.32. The van der Waals surface area contributed by atoms with Crippen molar-refractivity contribution < 1.29 is 0 Å². The number of imidazole rings is 1. The molecule has 0 bridgehead atoms. The Morgan fingerprint density at radius 1 is 1.33 bits per heavy atom. The van der Waals surface area contributed by atoms with Crippen molar-refractivity contribution in [3.8, 4) is 0 Å². The summed E-state index contributed by atoms with van der Waals surface area (Å²) < 4.78 is 3.49. The lowest BCUT2D eigenvalue weighted by Crippen LogP contribution is -2.45. The number of benzene rings is 1. The Hall–Kier alpha value is -0.910. The van der Waals surface area contributed by atoms with E-state index in [-0.39, 0.29) is 0 Å². The number of fused-ring (bicyclic) bond motifs is 1. The number of nitrogens with zero attached hydrogens (tertiary/aromatic N) is 3. The minimum Gasteiger partial charge on any atom is -0.327 e. The number of aromatic nitrogens is 2. The molecule has 1 aliphatic heterocycles. The number of piperazine rings is 1. The van der Waals surface area contributed by atoms with Crippen molar-refractivity contribution in [3.63, 3.8) is 0 Å². The summed E-state index contributed by atoms with van der Waals surface area (Å²) in [4.78, 5) is 7.46. The lowest BCUT2D eigenvalue weighted by molar-refractivity contribution is 0.176. The largest absolute Gasteiger partial charge is 0.327 e. The molecule has 1 N–H and O–H groups in total. The van der Waals surface area contributed by atoms with Crippen LogP contribution in [0.2, 0.25) is 0 Å². The summed E-state index contributed by atoms with van der Waals surface area (Å²) in [5.74, 6) is 1.20. The molecule has 3 rings (SSSR count). The second-order valence-corrected chi connectivity index (χ2v) is 6.63. The summed E-state index contributed by atoms with van der Waals surface area (Å²) in [6.07, 6.45) is 1.13. The minimum absolute atomic E-state index is 0.366. The maximum Gasteiger partial charge on any atom is 0.127 e. The molecule has 1 fully saturated rings. The van der Waals surface area contributed by atoms with Crippen LogP contribution in [0.4, 0.5) is 0 Å². The van der Waals surface area contributed by atoms with Gasteiger partial charge in [-0.15, -0.1) is 0 Å². The molecule has 1 aromatic heterocycles. The van der Waals surface area contributed by atoms with Gasteiger partial charge in [-0.05, 0) is 31.5 Å². The Morgan fingerprint density at radius 2 is 2.10 bits per heavy atom. The van der Waals surface area contributed by atoms with Crippen LogP contribution < -0.4 is 5.32 Å². The van der Waals surface area contributed by atoms with Gasteiger partial charge in [-0.25, -0.2) is 4.98 Å². The van der Waals surface area contributed by atoms with E-state index in [0.29, 0.717) is 6.04 Å². The van der Waals surface area contributed by atoms with Gasteiger partial charge in [0, 0.05) is 37.2 Å². The number of halogens is 1. The van der Waals surface area contributed by atoms with Crippen molar-refractivity contribution in [1.29, 1.82) is 0 Å². The van der Waals surface area contributed by atoms with Crippen LogP contribution in [0.5, 0.6) is 0 Å². The van der Waals surface area contributed by atoms with E-state index in [4.69, 9.17) is 4.98 Å². The first-order chi connectivity index (χ1) is 10.2. The van der Waals surface area contributed by atoms with Crippen LogP contribution in [-0.4, -0.2) is 40.6 Å². The molecule has 0 spiro atoms. The summed E-state index contributed by atoms with van der Waals surface area (Å²) in [7, 11) is 0. The monoisotopic (exact) mass is 350 g/mol. The van der Waals surface area contributed by atoms with Gasteiger partial charge in [0.2, 0.25) is 0 Å². The van der Waals surface area contributed by atoms with E-state index >= 15 is 0 Å². The molecule has 4 nitrogen and oxygen atoms in total. The Kier molecular flexibility index (Phi) is 4.62. The second-order valence-electron chi connectivity index (χ2n) is 5.72. The third kappa shape index (κ3) is 3.00. The van der Waals surface area contributed by atoms with Gasteiger partial charge in [-0.3, -0.25) is 4.90 Å². The molecule has 0 aliphatic carbocycles. The highest BCUT2D eigenvalue weighted by atomic mass is 79.9. The summed E-state index contributed by atoms with van der Waals surface area (Å²) in [5, 5.41) is 3.42. The van der Waals surface area contributed by atoms with Crippen LogP contribution in [0.3, 0.4) is 0 Å². The van der Waals surface area contributed by atoms with Gasteiger partial charge < -0.3 is 9.88 Å². The third-order valence-corrected chi connectivity index (χ3v) is 4.75. The quantitative estimate of drug-likeness (QED) is 0.919. The van der Waals surface area contributed by atoms with Crippen LogP contribution in [0.15, 0.2) is 22.7 Å². The molecular weight excluding hydrogens is 328 g/mol. The average Bonchev–Trinajstić information content (AvgIpc) is 2.85. The van der Waals surface area contributed by atoms with E-state index in [1.165, 1.54) is 11.3 Å². The van der Waals surface area contributed by atoms with Crippen LogP contribution in [0, 0.1) is 0 Å². The Morgan fingerprint density at radius 3 is 2.81 bits per heavy atom. The second kappa shape index (κ2) is 6.46. The lowest BCUT2D eigenvalue weighted by atomic mass is 10.2. The Labute approximate surface area is 134 Å². The minimum atomic E-state index is 0.366. The van der Waals surface area contributed by atoms with Crippen molar-refractivity contribution in [3.05, 3.63) is 28.5 Å². The number of aryl methyl sites for hydroxylation is 1. The Balaban J connectivity index is 2.01. The van der Waals surface area contributed by atoms with Crippen molar-refractivity contribution in [2.45, 2.75) is 32.9 Å². The first-order valence-corrected chi connectivity index (χ1v) is 8.60. The first-order valence-electron chi connectivity index (χ1n) is 7.81. The summed E-state index contributed by atoms with van der Waals surface area (Å²) in [6.45, 7) is 9.88. The highest BCUT2D eigenvalue weighted by Gasteiger charge is 2.23. The van der Waals surface area contributed by atoms with E-state index in [1.807, 2.05) is 0 Å². The predicted molar refractivity (Wildman–Crippen MR) is 90.6 cm³/mol. The van der Waals surface area contributed by atoms with Gasteiger partial charge >= 0.3 is 0 Å². The molecule has 0 amide bonds. The van der Waals surface area contributed by atoms with E-state index < -0.39 is 0 Å². The van der Waals surface area contributed by atoms with Crippen LogP contribution in [0.1, 0.15) is 32.1 Å². The van der Waals surface area contributed by atoms with Gasteiger partial charge in [-0.1, -0.05) is 22.9 Å². The van der Waals surface area contributed by atoms with E-state index in [9.17, 15) is 0 Å². The molecule has 2 heterocycles. The van der Waals surface area contributed by atoms with Gasteiger partial charge in [0.05, 0.1) is 17.1 Å². The van der Waals surface area contributed by atoms with Gasteiger partial charge in [-0.2, -0.15) is 0 Å². The van der Waals surface area contributed by atoms with Crippen molar-refractivity contribution >= 4 is 27.0 Å². The topological polar surface area (TPSA) is 33.1 Å². The normalized spacial score (nSPS) is 18.2. The maximum absolute atomic E-state index is 4.94. The summed E-state index contributed by atoms with van der Waals surface area (Å²) >= 11 is 3.55. The number of hydrogen-bond donors (Lipinski definition) is 1. The molecular formula is C16H23BrN4. The zero-order valence-electron chi connectivity index (χ0n) is 12.8. The fourth-order valence-corrected chi connectivity index (χ4v) is 3.48. The van der Waals surface area contributed by atoms with Crippen LogP contribution >= 0.6 is 15.9 Å². The number of rotatable bonds is 4. The van der Waals surface area contributed by atoms with E-state index in [1.54, 1.807) is 0 Å². The SMILES string of the molecule is CCCn1c(C(C)N2CCNCC2)nc2cc(Br)ccc21. The van der Waals surface area contributed by atoms with Gasteiger partial charge in [0.1, 0.15) is 5.82 Å². The summed E-state index contributed by atoms with van der Waals surface area (Å²) in [6, 6.07) is 6.77. The third-order valence-electron chi connectivity index (χ3n) is 4.26. The average molecular weight is 351 g/mol. The fraction of sp³-hybridized carbons (Fsp3) is 0.562. The molecule has 5 heteroatoms. The molecule has 1 unspecified atom stereocenters. The summed E-state index contributed by atoms with van der Waals surface area (Å²) in [5.41, 5.74) is 2.34. The van der Waals surface area contributed by atoms with E-state index in [2.05, 4.69) is 62.8 Å². The fourth-order valence-electron chi connectivity index (χ4n) is 3.13. The standard InChI is InChI=1S/C16H23BrN4/c1-3-8-21-15-5-4-13(17)11-14(15)19-16(21)12(2)20-9-6-18-7-10-20/h4-5,11-12,18H,3,6-10H2,1-2H3. The zero-order valence-corrected chi connectivity index (χ0v) is 14.4. The van der Waals surface area contributed by atoms with Crippen LogP contribution in [0.25, 0.3) is 11.0 Å². The molecule has 2 aromatic rings. The van der Waals surface area contributed by atoms with Crippen molar-refractivity contribution in [1.82, 2.24) is 19.8 Å². The number of nitrogens with one attached hydrogen (secondary N) is 1. The Bertz CT molecular complexity index is 616. The molecule has 1 saturated heterocycles. The number of hydrogen-bond acceptors (Lipinski definition) is 3. The first kappa shape index (κ1) is 15.0. The molecule has 1 atom stereocenters. The maximum atomic E-state index is 4.94. The van der Waals surface area contributed by atoms with Gasteiger partial charge in [0.25, 0.3) is 0 Å². The van der Waals surface area contributed by atoms with Crippen molar-refractivity contribution in [2.75, 3.05) is 26.2 Å². The smallest absolute Gasteiger partial charge is 0.127 e. The highest BCUT2D eigenvalue weighted by molar-refractivity contribution is 9.10. The highest BCUT2D eigenvalue weighted by Crippen LogP contribution is 2.27. The molecule has 1 aromatic carbocycles. The zero-order chi connectivity index (χ0) is 14.8.